The molecule has 2 N–H and O–H groups in total. The minimum atomic E-state index is -1.12. The number of hydrogen-bond acceptors (Lipinski definition) is 2. The van der Waals surface area contributed by atoms with Gasteiger partial charge in [0.05, 0.1) is 0 Å². The molecule has 0 aliphatic carbocycles. The number of aliphatic hydroxyl groups excluding tert-OH is 1. The van der Waals surface area contributed by atoms with Gasteiger partial charge in [-0.1, -0.05) is 6.92 Å². The Morgan fingerprint density at radius 2 is 1.83 bits per heavy atom. The van der Waals surface area contributed by atoms with Crippen LogP contribution in [0.15, 0.2) is 0 Å². The van der Waals surface area contributed by atoms with Crippen molar-refractivity contribution < 1.29 is 63.0 Å². The molecule has 0 saturated heterocycles. The molecular formula is C3H9KO2. The molecule has 0 amide bonds. The van der Waals surface area contributed by atoms with Crippen molar-refractivity contribution in [3.8, 4) is 0 Å². The van der Waals surface area contributed by atoms with Crippen molar-refractivity contribution in [2.45, 2.75) is 19.6 Å². The molecule has 0 saturated carbocycles. The van der Waals surface area contributed by atoms with E-state index in [2.05, 4.69) is 0 Å². The van der Waals surface area contributed by atoms with Crippen molar-refractivity contribution >= 4 is 0 Å². The first-order valence-electron chi connectivity index (χ1n) is 1.63. The Kier molecular flexibility index (Phi) is 11.5. The monoisotopic (exact) mass is 116 g/mol. The molecule has 34 valence electrons. The predicted octanol–water partition coefficient (Wildman–Crippen LogP) is -3.18. The van der Waals surface area contributed by atoms with Crippen molar-refractivity contribution in [1.29, 1.82) is 0 Å². The van der Waals surface area contributed by atoms with E-state index in [1.54, 1.807) is 6.92 Å². The molecule has 0 radical (unpaired) electrons. The first kappa shape index (κ1) is 10.5. The maximum absolute atomic E-state index is 7.92. The summed E-state index contributed by atoms with van der Waals surface area (Å²) in [5.41, 5.74) is 0. The van der Waals surface area contributed by atoms with Crippen molar-refractivity contribution in [3.63, 3.8) is 0 Å². The van der Waals surface area contributed by atoms with Crippen molar-refractivity contribution in [2.75, 3.05) is 0 Å². The van der Waals surface area contributed by atoms with E-state index in [0.29, 0.717) is 6.42 Å². The maximum Gasteiger partial charge on any atom is 1.00 e. The summed E-state index contributed by atoms with van der Waals surface area (Å²) in [5.74, 6) is 0. The Labute approximate surface area is 81.5 Å². The normalized spacial score (nSPS) is 8.00. The summed E-state index contributed by atoms with van der Waals surface area (Å²) in [7, 11) is 0. The van der Waals surface area contributed by atoms with Crippen LogP contribution < -0.4 is 51.4 Å². The van der Waals surface area contributed by atoms with Crippen molar-refractivity contribution in [3.05, 3.63) is 0 Å². The fourth-order valence-corrected chi connectivity index (χ4v) is 0. The van der Waals surface area contributed by atoms with Crippen LogP contribution in [0.2, 0.25) is 0 Å². The minimum absolute atomic E-state index is 0. The summed E-state index contributed by atoms with van der Waals surface area (Å²) in [4.78, 5) is 0. The molecule has 3 heteroatoms. The smallest absolute Gasteiger partial charge is 1.00 e. The summed E-state index contributed by atoms with van der Waals surface area (Å²) < 4.78 is 0. The van der Waals surface area contributed by atoms with Crippen LogP contribution in [0.25, 0.3) is 0 Å². The minimum Gasteiger partial charge on any atom is -1.00 e. The standard InChI is InChI=1S/C3H8O2.K.H/c1-2-3(4)5;;/h3-5H,2H2,1H3;;/q;+1;-1. The topological polar surface area (TPSA) is 40.5 Å². The van der Waals surface area contributed by atoms with Gasteiger partial charge >= 0.3 is 51.4 Å². The Balaban J connectivity index is -0.0000000800. The molecule has 0 rings (SSSR count). The van der Waals surface area contributed by atoms with E-state index in [0.717, 1.165) is 0 Å². The molecule has 0 atom stereocenters. The van der Waals surface area contributed by atoms with E-state index in [1.807, 2.05) is 0 Å². The van der Waals surface area contributed by atoms with E-state index in [1.165, 1.54) is 0 Å². The van der Waals surface area contributed by atoms with Gasteiger partial charge in [-0.25, -0.2) is 0 Å². The van der Waals surface area contributed by atoms with Gasteiger partial charge in [-0.2, -0.15) is 0 Å². The SMILES string of the molecule is CCC(O)O.[H-].[K+]. The van der Waals surface area contributed by atoms with Gasteiger partial charge in [-0.3, -0.25) is 0 Å². The van der Waals surface area contributed by atoms with Crippen molar-refractivity contribution in [2.24, 2.45) is 0 Å². The third-order valence-electron chi connectivity index (χ3n) is 0.365. The van der Waals surface area contributed by atoms with Crippen molar-refractivity contribution in [1.82, 2.24) is 0 Å². The van der Waals surface area contributed by atoms with Gasteiger partial charge in [0.2, 0.25) is 0 Å². The maximum atomic E-state index is 7.92. The average molecular weight is 116 g/mol. The molecule has 0 aromatic heterocycles. The Morgan fingerprint density at radius 1 is 1.67 bits per heavy atom. The number of hydrogen-bond donors (Lipinski definition) is 2. The van der Waals surface area contributed by atoms with Gasteiger partial charge < -0.3 is 11.6 Å². The summed E-state index contributed by atoms with van der Waals surface area (Å²) in [6.45, 7) is 1.70. The zero-order valence-electron chi connectivity index (χ0n) is 5.18. The van der Waals surface area contributed by atoms with Gasteiger partial charge in [0.1, 0.15) is 0 Å². The number of rotatable bonds is 1. The molecular weight excluding hydrogens is 107 g/mol. The predicted molar refractivity (Wildman–Crippen MR) is 19.6 cm³/mol. The fraction of sp³-hybridized carbons (Fsp3) is 1.00. The first-order valence-corrected chi connectivity index (χ1v) is 1.63. The summed E-state index contributed by atoms with van der Waals surface area (Å²) in [6, 6.07) is 0. The van der Waals surface area contributed by atoms with E-state index in [-0.39, 0.29) is 52.8 Å². The van der Waals surface area contributed by atoms with Crippen LogP contribution >= 0.6 is 0 Å². The van der Waals surface area contributed by atoms with Crippen LogP contribution in [0.3, 0.4) is 0 Å². The molecule has 0 bridgehead atoms. The van der Waals surface area contributed by atoms with Gasteiger partial charge in [-0.05, 0) is 6.42 Å². The molecule has 0 aromatic rings. The molecule has 0 fully saturated rings. The largest absolute Gasteiger partial charge is 1.00 e. The van der Waals surface area contributed by atoms with Crippen LogP contribution in [0.5, 0.6) is 0 Å². The molecule has 0 aliphatic heterocycles. The Morgan fingerprint density at radius 3 is 1.83 bits per heavy atom. The molecule has 0 aliphatic rings. The molecule has 2 nitrogen and oxygen atoms in total. The second-order valence-corrected chi connectivity index (χ2v) is 0.889. The Bertz CT molecular complexity index is 26.9. The second-order valence-electron chi connectivity index (χ2n) is 0.889. The van der Waals surface area contributed by atoms with Crippen LogP contribution in [-0.2, 0) is 0 Å². The zero-order valence-corrected chi connectivity index (χ0v) is 7.30. The molecule has 0 aromatic carbocycles. The van der Waals surface area contributed by atoms with Gasteiger partial charge in [0, 0.05) is 0 Å². The van der Waals surface area contributed by atoms with E-state index in [9.17, 15) is 0 Å². The van der Waals surface area contributed by atoms with Gasteiger partial charge in [0.15, 0.2) is 6.29 Å². The van der Waals surface area contributed by atoms with Crippen LogP contribution in [-0.4, -0.2) is 16.5 Å². The molecule has 0 unspecified atom stereocenters. The summed E-state index contributed by atoms with van der Waals surface area (Å²) in [5, 5.41) is 15.8. The Hall–Kier alpha value is 1.56. The zero-order chi connectivity index (χ0) is 4.28. The van der Waals surface area contributed by atoms with Gasteiger partial charge in [-0.15, -0.1) is 0 Å². The van der Waals surface area contributed by atoms with Crippen LogP contribution in [0, 0.1) is 0 Å². The van der Waals surface area contributed by atoms with E-state index >= 15 is 0 Å². The fourth-order valence-electron chi connectivity index (χ4n) is 0. The molecule has 0 heterocycles. The first-order chi connectivity index (χ1) is 2.27. The third-order valence-corrected chi connectivity index (χ3v) is 0.365. The molecule has 0 spiro atoms. The summed E-state index contributed by atoms with van der Waals surface area (Å²) >= 11 is 0. The average Bonchev–Trinajstić information content (AvgIpc) is 1.38. The van der Waals surface area contributed by atoms with E-state index < -0.39 is 6.29 Å². The summed E-state index contributed by atoms with van der Waals surface area (Å²) in [6.07, 6.45) is -0.699. The van der Waals surface area contributed by atoms with Crippen LogP contribution in [0.1, 0.15) is 14.8 Å². The molecule has 6 heavy (non-hydrogen) atoms. The van der Waals surface area contributed by atoms with Crippen LogP contribution in [0.4, 0.5) is 0 Å². The quantitative estimate of drug-likeness (QED) is 0.280. The second kappa shape index (κ2) is 6.56. The number of aliphatic hydroxyl groups is 2. The van der Waals surface area contributed by atoms with E-state index in [4.69, 9.17) is 10.2 Å². The third kappa shape index (κ3) is 9.12. The van der Waals surface area contributed by atoms with Gasteiger partial charge in [0.25, 0.3) is 0 Å².